The third-order valence-electron chi connectivity index (χ3n) is 4.82. The molecule has 0 radical (unpaired) electrons. The predicted octanol–water partition coefficient (Wildman–Crippen LogP) is 3.21. The van der Waals surface area contributed by atoms with Crippen LogP contribution in [0.5, 0.6) is 11.5 Å². The summed E-state index contributed by atoms with van der Waals surface area (Å²) in [5, 5.41) is 2.77. The zero-order chi connectivity index (χ0) is 23.0. The maximum absolute atomic E-state index is 12.8. The normalized spacial score (nSPS) is 11.2. The number of amides is 1. The van der Waals surface area contributed by atoms with E-state index in [1.165, 1.54) is 28.6 Å². The molecule has 0 aliphatic heterocycles. The molecule has 3 aromatic carbocycles. The molecule has 1 amide bonds. The van der Waals surface area contributed by atoms with E-state index in [-0.39, 0.29) is 24.0 Å². The SMILES string of the molecule is COc1ccccc1CNC(=O)COc1ccc(S(=O)(=O)N(C)Cc2ccccc2)cc1. The fraction of sp³-hybridized carbons (Fsp3) is 0.208. The quantitative estimate of drug-likeness (QED) is 0.509. The van der Waals surface area contributed by atoms with Crippen LogP contribution < -0.4 is 14.8 Å². The first-order valence-corrected chi connectivity index (χ1v) is 11.5. The molecule has 0 aliphatic rings. The van der Waals surface area contributed by atoms with Crippen molar-refractivity contribution in [2.24, 2.45) is 0 Å². The molecule has 7 nitrogen and oxygen atoms in total. The maximum Gasteiger partial charge on any atom is 0.258 e. The summed E-state index contributed by atoms with van der Waals surface area (Å²) in [6.07, 6.45) is 0. The number of para-hydroxylation sites is 1. The highest BCUT2D eigenvalue weighted by molar-refractivity contribution is 7.89. The highest BCUT2D eigenvalue weighted by Gasteiger charge is 2.21. The van der Waals surface area contributed by atoms with Gasteiger partial charge in [0.05, 0.1) is 12.0 Å². The Morgan fingerprint density at radius 2 is 1.59 bits per heavy atom. The number of hydrogen-bond acceptors (Lipinski definition) is 5. The summed E-state index contributed by atoms with van der Waals surface area (Å²) >= 11 is 0. The molecule has 0 saturated carbocycles. The highest BCUT2D eigenvalue weighted by Crippen LogP contribution is 2.20. The molecule has 32 heavy (non-hydrogen) atoms. The van der Waals surface area contributed by atoms with E-state index in [0.717, 1.165) is 11.1 Å². The third-order valence-corrected chi connectivity index (χ3v) is 6.64. The van der Waals surface area contributed by atoms with Crippen molar-refractivity contribution >= 4 is 15.9 Å². The summed E-state index contributed by atoms with van der Waals surface area (Å²) in [4.78, 5) is 12.3. The van der Waals surface area contributed by atoms with Crippen molar-refractivity contribution in [1.82, 2.24) is 9.62 Å². The summed E-state index contributed by atoms with van der Waals surface area (Å²) in [5.41, 5.74) is 1.76. The van der Waals surface area contributed by atoms with Crippen molar-refractivity contribution in [3.05, 3.63) is 90.0 Å². The number of benzene rings is 3. The average molecular weight is 455 g/mol. The molecule has 0 spiro atoms. The Labute approximate surface area is 188 Å². The number of hydrogen-bond donors (Lipinski definition) is 1. The van der Waals surface area contributed by atoms with E-state index >= 15 is 0 Å². The molecule has 1 N–H and O–H groups in total. The first-order valence-electron chi connectivity index (χ1n) is 10.0. The van der Waals surface area contributed by atoms with Gasteiger partial charge in [-0.1, -0.05) is 48.5 Å². The van der Waals surface area contributed by atoms with Crippen LogP contribution in [0.25, 0.3) is 0 Å². The number of nitrogens with zero attached hydrogens (tertiary/aromatic N) is 1. The number of sulfonamides is 1. The van der Waals surface area contributed by atoms with Crippen LogP contribution in [0.1, 0.15) is 11.1 Å². The van der Waals surface area contributed by atoms with Gasteiger partial charge in [-0.15, -0.1) is 0 Å². The van der Waals surface area contributed by atoms with Gasteiger partial charge >= 0.3 is 0 Å². The third kappa shape index (κ3) is 6.09. The Morgan fingerprint density at radius 3 is 2.28 bits per heavy atom. The smallest absolute Gasteiger partial charge is 0.258 e. The standard InChI is InChI=1S/C24H26N2O5S/c1-26(17-19-8-4-3-5-9-19)32(28,29)22-14-12-21(13-15-22)31-18-24(27)25-16-20-10-6-7-11-23(20)30-2/h3-15H,16-18H2,1-2H3,(H,25,27). The molecule has 0 unspecified atom stereocenters. The second-order valence-electron chi connectivity index (χ2n) is 7.10. The van der Waals surface area contributed by atoms with Gasteiger partial charge in [-0.25, -0.2) is 8.42 Å². The molecular formula is C24H26N2O5S. The van der Waals surface area contributed by atoms with Crippen LogP contribution >= 0.6 is 0 Å². The number of rotatable bonds is 10. The topological polar surface area (TPSA) is 84.9 Å². The van der Waals surface area contributed by atoms with E-state index in [2.05, 4.69) is 5.32 Å². The van der Waals surface area contributed by atoms with Crippen molar-refractivity contribution in [3.8, 4) is 11.5 Å². The Hall–Kier alpha value is -3.36. The molecule has 3 aromatic rings. The van der Waals surface area contributed by atoms with E-state index in [4.69, 9.17) is 9.47 Å². The summed E-state index contributed by atoms with van der Waals surface area (Å²) < 4.78 is 37.6. The molecule has 0 heterocycles. The van der Waals surface area contributed by atoms with Gasteiger partial charge in [0.2, 0.25) is 10.0 Å². The molecular weight excluding hydrogens is 428 g/mol. The monoisotopic (exact) mass is 454 g/mol. The van der Waals surface area contributed by atoms with Crippen LogP contribution in [0.3, 0.4) is 0 Å². The molecule has 168 valence electrons. The average Bonchev–Trinajstić information content (AvgIpc) is 2.82. The lowest BCUT2D eigenvalue weighted by Gasteiger charge is -2.17. The van der Waals surface area contributed by atoms with E-state index in [1.807, 2.05) is 54.6 Å². The zero-order valence-corrected chi connectivity index (χ0v) is 18.8. The van der Waals surface area contributed by atoms with E-state index < -0.39 is 10.0 Å². The minimum absolute atomic E-state index is 0.156. The summed E-state index contributed by atoms with van der Waals surface area (Å²) in [5.74, 6) is 0.806. The Bertz CT molecular complexity index is 1130. The van der Waals surface area contributed by atoms with Crippen molar-refractivity contribution in [2.45, 2.75) is 18.0 Å². The molecule has 8 heteroatoms. The summed E-state index contributed by atoms with van der Waals surface area (Å²) in [7, 11) is -0.528. The predicted molar refractivity (Wildman–Crippen MR) is 122 cm³/mol. The number of carbonyl (C=O) groups excluding carboxylic acids is 1. The van der Waals surface area contributed by atoms with Gasteiger partial charge in [-0.2, -0.15) is 4.31 Å². The van der Waals surface area contributed by atoms with Crippen LogP contribution in [0.2, 0.25) is 0 Å². The minimum Gasteiger partial charge on any atom is -0.496 e. The first-order chi connectivity index (χ1) is 15.4. The molecule has 3 rings (SSSR count). The number of nitrogens with one attached hydrogen (secondary N) is 1. The number of ether oxygens (including phenoxy) is 2. The van der Waals surface area contributed by atoms with Gasteiger partial charge < -0.3 is 14.8 Å². The molecule has 0 fully saturated rings. The Kier molecular flexibility index (Phi) is 7.86. The largest absolute Gasteiger partial charge is 0.496 e. The van der Waals surface area contributed by atoms with Crippen LogP contribution in [0.15, 0.2) is 83.8 Å². The number of methoxy groups -OCH3 is 1. The van der Waals surface area contributed by atoms with Crippen molar-refractivity contribution in [3.63, 3.8) is 0 Å². The van der Waals surface area contributed by atoms with E-state index in [0.29, 0.717) is 18.0 Å². The lowest BCUT2D eigenvalue weighted by molar-refractivity contribution is -0.123. The van der Waals surface area contributed by atoms with E-state index in [1.54, 1.807) is 14.2 Å². The van der Waals surface area contributed by atoms with Crippen LogP contribution in [0, 0.1) is 0 Å². The fourth-order valence-corrected chi connectivity index (χ4v) is 4.21. The van der Waals surface area contributed by atoms with Gasteiger partial charge in [-0.3, -0.25) is 4.79 Å². The molecule has 0 aliphatic carbocycles. The molecule has 0 bridgehead atoms. The second-order valence-corrected chi connectivity index (χ2v) is 9.14. The van der Waals surface area contributed by atoms with Gasteiger partial charge in [0.25, 0.3) is 5.91 Å². The highest BCUT2D eigenvalue weighted by atomic mass is 32.2. The second kappa shape index (κ2) is 10.8. The van der Waals surface area contributed by atoms with E-state index in [9.17, 15) is 13.2 Å². The summed E-state index contributed by atoms with van der Waals surface area (Å²) in [6.45, 7) is 0.403. The first kappa shape index (κ1) is 23.3. The Balaban J connectivity index is 1.53. The Morgan fingerprint density at radius 1 is 0.938 bits per heavy atom. The molecule has 0 aromatic heterocycles. The fourth-order valence-electron chi connectivity index (χ4n) is 3.06. The molecule has 0 saturated heterocycles. The lowest BCUT2D eigenvalue weighted by atomic mass is 10.2. The van der Waals surface area contributed by atoms with Crippen LogP contribution in [-0.4, -0.2) is 39.4 Å². The van der Waals surface area contributed by atoms with Gasteiger partial charge in [0, 0.05) is 25.7 Å². The lowest BCUT2D eigenvalue weighted by Crippen LogP contribution is -2.28. The zero-order valence-electron chi connectivity index (χ0n) is 18.0. The molecule has 0 atom stereocenters. The van der Waals surface area contributed by atoms with Crippen molar-refractivity contribution in [2.75, 3.05) is 20.8 Å². The van der Waals surface area contributed by atoms with Crippen LogP contribution in [-0.2, 0) is 27.9 Å². The van der Waals surface area contributed by atoms with Crippen molar-refractivity contribution < 1.29 is 22.7 Å². The van der Waals surface area contributed by atoms with Crippen LogP contribution in [0.4, 0.5) is 0 Å². The number of carbonyl (C=O) groups is 1. The maximum atomic E-state index is 12.8. The summed E-state index contributed by atoms with van der Waals surface area (Å²) in [6, 6.07) is 22.8. The van der Waals surface area contributed by atoms with Gasteiger partial charge in [-0.05, 0) is 35.9 Å². The van der Waals surface area contributed by atoms with Gasteiger partial charge in [0.15, 0.2) is 6.61 Å². The van der Waals surface area contributed by atoms with Gasteiger partial charge in [0.1, 0.15) is 11.5 Å². The van der Waals surface area contributed by atoms with Crippen molar-refractivity contribution in [1.29, 1.82) is 0 Å². The minimum atomic E-state index is -3.64.